The van der Waals surface area contributed by atoms with Gasteiger partial charge in [0.1, 0.15) is 5.82 Å². The number of anilines is 1. The van der Waals surface area contributed by atoms with Crippen LogP contribution in [0.1, 0.15) is 33.6 Å². The molecule has 1 saturated heterocycles. The van der Waals surface area contributed by atoms with Gasteiger partial charge in [0.15, 0.2) is 0 Å². The quantitative estimate of drug-likeness (QED) is 0.870. The van der Waals surface area contributed by atoms with E-state index in [-0.39, 0.29) is 0 Å². The van der Waals surface area contributed by atoms with E-state index in [1.54, 1.807) is 7.11 Å². The molecule has 0 saturated carbocycles. The molecule has 0 bridgehead atoms. The Bertz CT molecular complexity index is 321. The molecule has 5 nitrogen and oxygen atoms in total. The van der Waals surface area contributed by atoms with Crippen molar-refractivity contribution < 1.29 is 4.74 Å². The Kier molecular flexibility index (Phi) is 8.30. The third-order valence-electron chi connectivity index (χ3n) is 3.80. The molecule has 2 heterocycles. The van der Waals surface area contributed by atoms with Crippen LogP contribution in [-0.2, 0) is 4.74 Å². The van der Waals surface area contributed by atoms with Gasteiger partial charge in [-0.25, -0.2) is 0 Å². The minimum absolute atomic E-state index is 0.698. The number of hydrogen-bond acceptors (Lipinski definition) is 4. The van der Waals surface area contributed by atoms with Gasteiger partial charge in [-0.15, -0.1) is 0 Å². The summed E-state index contributed by atoms with van der Waals surface area (Å²) >= 11 is 0. The van der Waals surface area contributed by atoms with E-state index in [1.807, 2.05) is 26.1 Å². The first-order chi connectivity index (χ1) is 9.85. The molecule has 5 heteroatoms. The maximum Gasteiger partial charge on any atom is 0.123 e. The molecule has 116 valence electrons. The summed E-state index contributed by atoms with van der Waals surface area (Å²) in [6.45, 7) is 11.4. The van der Waals surface area contributed by atoms with Crippen molar-refractivity contribution in [1.29, 1.82) is 0 Å². The van der Waals surface area contributed by atoms with Crippen molar-refractivity contribution in [3.63, 3.8) is 0 Å². The molecule has 20 heavy (non-hydrogen) atoms. The summed E-state index contributed by atoms with van der Waals surface area (Å²) in [6.07, 6.45) is 4.26. The van der Waals surface area contributed by atoms with Crippen LogP contribution in [0.2, 0.25) is 0 Å². The Morgan fingerprint density at radius 1 is 1.40 bits per heavy atom. The van der Waals surface area contributed by atoms with E-state index < -0.39 is 0 Å². The summed E-state index contributed by atoms with van der Waals surface area (Å²) in [6, 6.07) is 2.74. The largest absolute Gasteiger partial charge is 0.383 e. The van der Waals surface area contributed by atoms with Gasteiger partial charge in [-0.3, -0.25) is 10.00 Å². The zero-order chi connectivity index (χ0) is 14.8. The number of nitrogens with one attached hydrogen (secondary N) is 1. The van der Waals surface area contributed by atoms with Gasteiger partial charge >= 0.3 is 0 Å². The lowest BCUT2D eigenvalue weighted by molar-refractivity contribution is 0.113. The van der Waals surface area contributed by atoms with E-state index in [4.69, 9.17) is 4.74 Å². The molecule has 0 aromatic carbocycles. The van der Waals surface area contributed by atoms with Gasteiger partial charge < -0.3 is 9.64 Å². The summed E-state index contributed by atoms with van der Waals surface area (Å²) in [5.74, 6) is 1.15. The normalized spacial score (nSPS) is 16.1. The van der Waals surface area contributed by atoms with Crippen LogP contribution in [0.5, 0.6) is 0 Å². The highest BCUT2D eigenvalue weighted by molar-refractivity contribution is 5.36. The van der Waals surface area contributed by atoms with E-state index >= 15 is 0 Å². The van der Waals surface area contributed by atoms with Crippen molar-refractivity contribution in [1.82, 2.24) is 15.1 Å². The molecule has 1 aromatic rings. The zero-order valence-electron chi connectivity index (χ0n) is 13.4. The molecule has 0 amide bonds. The minimum atomic E-state index is 0.698. The number of ether oxygens (including phenoxy) is 1. The average molecular weight is 282 g/mol. The van der Waals surface area contributed by atoms with Crippen molar-refractivity contribution in [3.8, 4) is 0 Å². The van der Waals surface area contributed by atoms with E-state index in [0.29, 0.717) is 6.04 Å². The van der Waals surface area contributed by atoms with Gasteiger partial charge in [0.25, 0.3) is 0 Å². The minimum Gasteiger partial charge on any atom is -0.383 e. The molecule has 0 atom stereocenters. The summed E-state index contributed by atoms with van der Waals surface area (Å²) in [7, 11) is 1.77. The molecular formula is C15H30N4O. The fraction of sp³-hybridized carbons (Fsp3) is 0.800. The van der Waals surface area contributed by atoms with Crippen LogP contribution in [0.25, 0.3) is 0 Å². The molecule has 1 N–H and O–H groups in total. The molecule has 1 fully saturated rings. The van der Waals surface area contributed by atoms with E-state index in [1.165, 1.54) is 12.8 Å². The standard InChI is InChI=1S/C13H24N4O.C2H6/c1-3-16(10-11-18-2)12-5-8-17(9-6-12)13-4-7-14-15-13;1-2/h4,7,12H,3,5-6,8-11H2,1-2H3,(H,14,15);1-2H3. The number of rotatable bonds is 6. The summed E-state index contributed by atoms with van der Waals surface area (Å²) in [5.41, 5.74) is 0. The summed E-state index contributed by atoms with van der Waals surface area (Å²) in [4.78, 5) is 4.92. The van der Waals surface area contributed by atoms with Gasteiger partial charge in [-0.05, 0) is 19.4 Å². The lowest BCUT2D eigenvalue weighted by atomic mass is 10.0. The van der Waals surface area contributed by atoms with E-state index in [2.05, 4.69) is 26.9 Å². The molecule has 0 aliphatic carbocycles. The van der Waals surface area contributed by atoms with Crippen molar-refractivity contribution in [3.05, 3.63) is 12.3 Å². The fourth-order valence-electron chi connectivity index (χ4n) is 2.70. The van der Waals surface area contributed by atoms with Crippen LogP contribution >= 0.6 is 0 Å². The van der Waals surface area contributed by atoms with Gasteiger partial charge in [-0.1, -0.05) is 20.8 Å². The molecule has 0 radical (unpaired) electrons. The zero-order valence-corrected chi connectivity index (χ0v) is 13.4. The first-order valence-corrected chi connectivity index (χ1v) is 7.82. The predicted octanol–water partition coefficient (Wildman–Crippen LogP) is 2.37. The molecular weight excluding hydrogens is 252 g/mol. The van der Waals surface area contributed by atoms with Crippen molar-refractivity contribution in [2.75, 3.05) is 44.8 Å². The highest BCUT2D eigenvalue weighted by Gasteiger charge is 2.23. The van der Waals surface area contributed by atoms with Gasteiger partial charge in [0, 0.05) is 38.9 Å². The summed E-state index contributed by atoms with van der Waals surface area (Å²) in [5, 5.41) is 7.06. The third kappa shape index (κ3) is 4.80. The second kappa shape index (κ2) is 9.77. The van der Waals surface area contributed by atoms with Gasteiger partial charge in [-0.2, -0.15) is 5.10 Å². The Hall–Kier alpha value is -1.07. The van der Waals surface area contributed by atoms with Crippen molar-refractivity contribution in [2.24, 2.45) is 0 Å². The predicted molar refractivity (Wildman–Crippen MR) is 84.3 cm³/mol. The molecule has 2 rings (SSSR count). The number of piperidine rings is 1. The number of H-pyrrole nitrogens is 1. The first-order valence-electron chi connectivity index (χ1n) is 7.82. The number of aromatic nitrogens is 2. The highest BCUT2D eigenvalue weighted by atomic mass is 16.5. The second-order valence-corrected chi connectivity index (χ2v) is 4.78. The molecule has 0 spiro atoms. The number of aromatic amines is 1. The van der Waals surface area contributed by atoms with Crippen LogP contribution < -0.4 is 4.90 Å². The molecule has 1 aromatic heterocycles. The second-order valence-electron chi connectivity index (χ2n) is 4.78. The molecule has 1 aliphatic heterocycles. The summed E-state index contributed by atoms with van der Waals surface area (Å²) < 4.78 is 5.18. The Morgan fingerprint density at radius 3 is 2.60 bits per heavy atom. The van der Waals surface area contributed by atoms with Crippen LogP contribution in [0.4, 0.5) is 5.82 Å². The lowest BCUT2D eigenvalue weighted by Gasteiger charge is -2.38. The van der Waals surface area contributed by atoms with Gasteiger partial charge in [0.05, 0.1) is 12.8 Å². The number of hydrogen-bond donors (Lipinski definition) is 1. The number of nitrogens with zero attached hydrogens (tertiary/aromatic N) is 3. The van der Waals surface area contributed by atoms with Crippen LogP contribution in [0, 0.1) is 0 Å². The Morgan fingerprint density at radius 2 is 2.10 bits per heavy atom. The first kappa shape index (κ1) is 17.0. The van der Waals surface area contributed by atoms with E-state index in [9.17, 15) is 0 Å². The third-order valence-corrected chi connectivity index (χ3v) is 3.80. The van der Waals surface area contributed by atoms with Crippen molar-refractivity contribution >= 4 is 5.82 Å². The monoisotopic (exact) mass is 282 g/mol. The fourth-order valence-corrected chi connectivity index (χ4v) is 2.70. The molecule has 0 unspecified atom stereocenters. The number of methoxy groups -OCH3 is 1. The number of likely N-dealkylation sites (N-methyl/N-ethyl adjacent to an activating group) is 1. The Labute approximate surface area is 123 Å². The SMILES string of the molecule is CC.CCN(CCOC)C1CCN(c2ccn[nH]2)CC1. The van der Waals surface area contributed by atoms with Crippen LogP contribution in [-0.4, -0.2) is 61.0 Å². The maximum atomic E-state index is 5.18. The molecule has 1 aliphatic rings. The van der Waals surface area contributed by atoms with Crippen LogP contribution in [0.15, 0.2) is 12.3 Å². The maximum absolute atomic E-state index is 5.18. The van der Waals surface area contributed by atoms with Crippen molar-refractivity contribution in [2.45, 2.75) is 39.7 Å². The lowest BCUT2D eigenvalue weighted by Crippen LogP contribution is -2.46. The van der Waals surface area contributed by atoms with Crippen LogP contribution in [0.3, 0.4) is 0 Å². The average Bonchev–Trinajstić information content (AvgIpc) is 3.05. The van der Waals surface area contributed by atoms with E-state index in [0.717, 1.165) is 38.6 Å². The topological polar surface area (TPSA) is 44.4 Å². The smallest absolute Gasteiger partial charge is 0.123 e. The Balaban J connectivity index is 0.000000956. The highest BCUT2D eigenvalue weighted by Crippen LogP contribution is 2.20. The van der Waals surface area contributed by atoms with Gasteiger partial charge in [0.2, 0.25) is 0 Å².